The van der Waals surface area contributed by atoms with Gasteiger partial charge >= 0.3 is 12.0 Å². The van der Waals surface area contributed by atoms with Crippen LogP contribution in [0, 0.1) is 0 Å². The first-order valence-electron chi connectivity index (χ1n) is 5.24. The summed E-state index contributed by atoms with van der Waals surface area (Å²) >= 11 is 0. The second-order valence-corrected chi connectivity index (χ2v) is 4.46. The van der Waals surface area contributed by atoms with Crippen molar-refractivity contribution in [2.75, 3.05) is 27.2 Å². The molecule has 1 fully saturated rings. The quantitative estimate of drug-likeness (QED) is 0.698. The standard InChI is InChI=1S/C10H18N2O4/c1-11(2)9(15)12-5-3-10(16,4-6-12)7-8(13)14/h16H,3-7H2,1-2H3,(H,13,14). The molecule has 6 heteroatoms. The highest BCUT2D eigenvalue weighted by molar-refractivity contribution is 5.74. The zero-order valence-electron chi connectivity index (χ0n) is 9.64. The van der Waals surface area contributed by atoms with E-state index in [4.69, 9.17) is 5.11 Å². The van der Waals surface area contributed by atoms with Crippen molar-refractivity contribution in [3.63, 3.8) is 0 Å². The van der Waals surface area contributed by atoms with Crippen LogP contribution in [-0.2, 0) is 4.79 Å². The molecule has 1 rings (SSSR count). The molecule has 0 aromatic carbocycles. The van der Waals surface area contributed by atoms with Crippen molar-refractivity contribution in [3.8, 4) is 0 Å². The zero-order chi connectivity index (χ0) is 12.3. The van der Waals surface area contributed by atoms with E-state index in [1.54, 1.807) is 19.0 Å². The first kappa shape index (κ1) is 12.8. The Labute approximate surface area is 94.4 Å². The number of aliphatic carboxylic acids is 1. The summed E-state index contributed by atoms with van der Waals surface area (Å²) in [5.41, 5.74) is -1.16. The molecule has 0 spiro atoms. The molecule has 0 atom stereocenters. The number of carbonyl (C=O) groups excluding carboxylic acids is 1. The SMILES string of the molecule is CN(C)C(=O)N1CCC(O)(CC(=O)O)CC1. The van der Waals surface area contributed by atoms with Crippen molar-refractivity contribution in [2.45, 2.75) is 24.9 Å². The van der Waals surface area contributed by atoms with Crippen LogP contribution in [-0.4, -0.2) is 64.8 Å². The first-order chi connectivity index (χ1) is 7.34. The highest BCUT2D eigenvalue weighted by Gasteiger charge is 2.36. The number of carboxylic acid groups (broad SMARTS) is 1. The number of carboxylic acids is 1. The molecule has 2 N–H and O–H groups in total. The molecule has 6 nitrogen and oxygen atoms in total. The highest BCUT2D eigenvalue weighted by atomic mass is 16.4. The molecule has 1 saturated heterocycles. The van der Waals surface area contributed by atoms with Gasteiger partial charge in [0.15, 0.2) is 0 Å². The van der Waals surface area contributed by atoms with E-state index in [9.17, 15) is 14.7 Å². The largest absolute Gasteiger partial charge is 0.481 e. The lowest BCUT2D eigenvalue weighted by atomic mass is 9.88. The fourth-order valence-electron chi connectivity index (χ4n) is 1.86. The van der Waals surface area contributed by atoms with Gasteiger partial charge in [-0.15, -0.1) is 0 Å². The van der Waals surface area contributed by atoms with Gasteiger partial charge in [-0.25, -0.2) is 4.79 Å². The summed E-state index contributed by atoms with van der Waals surface area (Å²) in [7, 11) is 3.33. The van der Waals surface area contributed by atoms with Crippen molar-refractivity contribution >= 4 is 12.0 Å². The van der Waals surface area contributed by atoms with Gasteiger partial charge in [-0.05, 0) is 12.8 Å². The third-order valence-electron chi connectivity index (χ3n) is 2.83. The Bertz CT molecular complexity index is 283. The van der Waals surface area contributed by atoms with Crippen molar-refractivity contribution in [1.82, 2.24) is 9.80 Å². The summed E-state index contributed by atoms with van der Waals surface area (Å²) in [5.74, 6) is -1.00. The maximum absolute atomic E-state index is 11.6. The van der Waals surface area contributed by atoms with E-state index in [0.29, 0.717) is 25.9 Å². The number of hydrogen-bond donors (Lipinski definition) is 2. The normalized spacial score (nSPS) is 19.3. The average Bonchev–Trinajstić information content (AvgIpc) is 2.16. The summed E-state index contributed by atoms with van der Waals surface area (Å²) in [6.07, 6.45) is 0.384. The number of aliphatic hydroxyl groups is 1. The van der Waals surface area contributed by atoms with Crippen LogP contribution in [0.4, 0.5) is 4.79 Å². The molecular formula is C10H18N2O4. The summed E-state index contributed by atoms with van der Waals surface area (Å²) in [5, 5.41) is 18.6. The Morgan fingerprint density at radius 3 is 2.19 bits per heavy atom. The molecule has 16 heavy (non-hydrogen) atoms. The van der Waals surface area contributed by atoms with Crippen molar-refractivity contribution in [1.29, 1.82) is 0 Å². The maximum atomic E-state index is 11.6. The van der Waals surface area contributed by atoms with Crippen LogP contribution in [0.5, 0.6) is 0 Å². The molecule has 0 bridgehead atoms. The Balaban J connectivity index is 2.50. The molecule has 92 valence electrons. The van der Waals surface area contributed by atoms with Gasteiger partial charge in [0.1, 0.15) is 0 Å². The molecule has 2 amide bonds. The number of carbonyl (C=O) groups is 2. The summed E-state index contributed by atoms with van der Waals surface area (Å²) in [6.45, 7) is 0.807. The minimum Gasteiger partial charge on any atom is -0.481 e. The van der Waals surface area contributed by atoms with Gasteiger partial charge in [0, 0.05) is 27.2 Å². The minimum absolute atomic E-state index is 0.0997. The van der Waals surface area contributed by atoms with Crippen LogP contribution in [0.25, 0.3) is 0 Å². The third kappa shape index (κ3) is 3.10. The van der Waals surface area contributed by atoms with Crippen LogP contribution >= 0.6 is 0 Å². The third-order valence-corrected chi connectivity index (χ3v) is 2.83. The van der Waals surface area contributed by atoms with Crippen LogP contribution in [0.3, 0.4) is 0 Å². The highest BCUT2D eigenvalue weighted by Crippen LogP contribution is 2.25. The van der Waals surface area contributed by atoms with Gasteiger partial charge < -0.3 is 20.0 Å². The molecule has 0 saturated carbocycles. The Morgan fingerprint density at radius 2 is 1.81 bits per heavy atom. The van der Waals surface area contributed by atoms with E-state index >= 15 is 0 Å². The van der Waals surface area contributed by atoms with Crippen molar-refractivity contribution < 1.29 is 19.8 Å². The smallest absolute Gasteiger partial charge is 0.319 e. The second-order valence-electron chi connectivity index (χ2n) is 4.46. The predicted octanol–water partition coefficient (Wildman–Crippen LogP) is -0.0304. The average molecular weight is 230 g/mol. The molecule has 0 aromatic rings. The maximum Gasteiger partial charge on any atom is 0.319 e. The van der Waals surface area contributed by atoms with Crippen LogP contribution in [0.2, 0.25) is 0 Å². The molecule has 1 aliphatic rings. The Hall–Kier alpha value is -1.30. The number of piperidine rings is 1. The Morgan fingerprint density at radius 1 is 1.31 bits per heavy atom. The lowest BCUT2D eigenvalue weighted by Crippen LogP contribution is -2.50. The van der Waals surface area contributed by atoms with Gasteiger partial charge in [-0.1, -0.05) is 0 Å². The van der Waals surface area contributed by atoms with E-state index in [1.165, 1.54) is 4.90 Å². The van der Waals surface area contributed by atoms with E-state index < -0.39 is 11.6 Å². The summed E-state index contributed by atoms with van der Waals surface area (Å²) < 4.78 is 0. The second kappa shape index (κ2) is 4.69. The van der Waals surface area contributed by atoms with Crippen molar-refractivity contribution in [3.05, 3.63) is 0 Å². The number of urea groups is 1. The van der Waals surface area contributed by atoms with Gasteiger partial charge in [0.2, 0.25) is 0 Å². The number of amides is 2. The fourth-order valence-corrected chi connectivity index (χ4v) is 1.86. The summed E-state index contributed by atoms with van der Waals surface area (Å²) in [4.78, 5) is 25.2. The van der Waals surface area contributed by atoms with E-state index in [0.717, 1.165) is 0 Å². The summed E-state index contributed by atoms with van der Waals surface area (Å²) in [6, 6.07) is -0.0997. The predicted molar refractivity (Wildman–Crippen MR) is 57.1 cm³/mol. The zero-order valence-corrected chi connectivity index (χ0v) is 9.64. The van der Waals surface area contributed by atoms with Gasteiger partial charge in [-0.2, -0.15) is 0 Å². The van der Waals surface area contributed by atoms with Gasteiger partial charge in [0.25, 0.3) is 0 Å². The van der Waals surface area contributed by atoms with Crippen LogP contribution in [0.1, 0.15) is 19.3 Å². The topological polar surface area (TPSA) is 81.1 Å². The fraction of sp³-hybridized carbons (Fsp3) is 0.800. The molecular weight excluding hydrogens is 212 g/mol. The molecule has 0 aromatic heterocycles. The molecule has 1 heterocycles. The number of nitrogens with zero attached hydrogens (tertiary/aromatic N) is 2. The van der Waals surface area contributed by atoms with Crippen LogP contribution in [0.15, 0.2) is 0 Å². The minimum atomic E-state index is -1.16. The van der Waals surface area contributed by atoms with E-state index in [2.05, 4.69) is 0 Å². The Kier molecular flexibility index (Phi) is 3.74. The number of hydrogen-bond acceptors (Lipinski definition) is 3. The van der Waals surface area contributed by atoms with E-state index in [1.807, 2.05) is 0 Å². The number of rotatable bonds is 2. The molecule has 1 aliphatic heterocycles. The van der Waals surface area contributed by atoms with E-state index in [-0.39, 0.29) is 12.5 Å². The molecule has 0 unspecified atom stereocenters. The monoisotopic (exact) mass is 230 g/mol. The first-order valence-corrected chi connectivity index (χ1v) is 5.24. The lowest BCUT2D eigenvalue weighted by Gasteiger charge is -2.38. The van der Waals surface area contributed by atoms with Gasteiger partial charge in [-0.3, -0.25) is 4.79 Å². The number of likely N-dealkylation sites (tertiary alicyclic amines) is 1. The van der Waals surface area contributed by atoms with Gasteiger partial charge in [0.05, 0.1) is 12.0 Å². The lowest BCUT2D eigenvalue weighted by molar-refractivity contribution is -0.144. The van der Waals surface area contributed by atoms with Crippen LogP contribution < -0.4 is 0 Å². The van der Waals surface area contributed by atoms with Crippen molar-refractivity contribution in [2.24, 2.45) is 0 Å². The molecule has 0 radical (unpaired) electrons. The molecule has 0 aliphatic carbocycles.